The Balaban J connectivity index is 2.07. The topological polar surface area (TPSA) is 73.9 Å². The summed E-state index contributed by atoms with van der Waals surface area (Å²) in [6.07, 6.45) is 1.27. The van der Waals surface area contributed by atoms with Crippen molar-refractivity contribution in [3.8, 4) is 17.2 Å². The molecule has 7 heteroatoms. The fraction of sp³-hybridized carbons (Fsp3) is 0.429. The van der Waals surface area contributed by atoms with Crippen LogP contribution in [0.25, 0.3) is 0 Å². The van der Waals surface area contributed by atoms with E-state index in [-0.39, 0.29) is 17.7 Å². The standard InChI is InChI=1S/C21H27NO5S/c1-5-27-20-11-14(9-10-19(20)26-3)17(13-28(4,23)24)21-15-7-6-8-18(25-2)16(15)12-22-21/h6-11,17,21-22H,5,12-13H2,1-4H3. The number of hydrogen-bond donors (Lipinski definition) is 1. The predicted molar refractivity (Wildman–Crippen MR) is 109 cm³/mol. The normalized spacial score (nSPS) is 17.1. The molecular weight excluding hydrogens is 378 g/mol. The van der Waals surface area contributed by atoms with E-state index in [1.54, 1.807) is 14.2 Å². The maximum atomic E-state index is 12.2. The van der Waals surface area contributed by atoms with Crippen LogP contribution in [0.1, 0.15) is 35.6 Å². The van der Waals surface area contributed by atoms with E-state index in [2.05, 4.69) is 5.32 Å². The van der Waals surface area contributed by atoms with Crippen molar-refractivity contribution < 1.29 is 22.6 Å². The SMILES string of the molecule is CCOc1cc(C(CS(C)(=O)=O)C2NCc3c(OC)cccc32)ccc1OC. The Kier molecular flexibility index (Phi) is 6.15. The first-order valence-electron chi connectivity index (χ1n) is 9.25. The van der Waals surface area contributed by atoms with Crippen LogP contribution in [0.15, 0.2) is 36.4 Å². The zero-order chi connectivity index (χ0) is 20.3. The summed E-state index contributed by atoms with van der Waals surface area (Å²) in [5, 5.41) is 3.48. The van der Waals surface area contributed by atoms with Crippen LogP contribution in [0, 0.1) is 0 Å². The summed E-state index contributed by atoms with van der Waals surface area (Å²) in [5.74, 6) is 1.82. The molecule has 28 heavy (non-hydrogen) atoms. The Labute approximate surface area is 166 Å². The third kappa shape index (κ3) is 4.25. The van der Waals surface area contributed by atoms with Crippen LogP contribution >= 0.6 is 0 Å². The van der Waals surface area contributed by atoms with Gasteiger partial charge < -0.3 is 19.5 Å². The summed E-state index contributed by atoms with van der Waals surface area (Å²) >= 11 is 0. The van der Waals surface area contributed by atoms with E-state index in [1.165, 1.54) is 6.26 Å². The summed E-state index contributed by atoms with van der Waals surface area (Å²) in [6.45, 7) is 3.04. The third-order valence-corrected chi connectivity index (χ3v) is 5.99. The van der Waals surface area contributed by atoms with Gasteiger partial charge in [0, 0.05) is 30.3 Å². The fourth-order valence-corrected chi connectivity index (χ4v) is 4.88. The molecule has 0 amide bonds. The van der Waals surface area contributed by atoms with Gasteiger partial charge in [0.25, 0.3) is 0 Å². The number of fused-ring (bicyclic) bond motifs is 1. The maximum absolute atomic E-state index is 12.2. The first kappa shape index (κ1) is 20.5. The Morgan fingerprint density at radius 2 is 1.86 bits per heavy atom. The van der Waals surface area contributed by atoms with Crippen LogP contribution in [0.3, 0.4) is 0 Å². The van der Waals surface area contributed by atoms with Gasteiger partial charge in [-0.05, 0) is 36.2 Å². The smallest absolute Gasteiger partial charge is 0.161 e. The lowest BCUT2D eigenvalue weighted by atomic mass is 9.88. The van der Waals surface area contributed by atoms with Crippen molar-refractivity contribution >= 4 is 9.84 Å². The molecule has 1 aliphatic rings. The number of rotatable bonds is 8. The molecule has 0 radical (unpaired) electrons. The highest BCUT2D eigenvalue weighted by Crippen LogP contribution is 2.42. The molecule has 2 aromatic carbocycles. The Morgan fingerprint density at radius 3 is 2.50 bits per heavy atom. The number of ether oxygens (including phenoxy) is 3. The molecule has 0 saturated carbocycles. The highest BCUT2D eigenvalue weighted by atomic mass is 32.2. The van der Waals surface area contributed by atoms with Crippen molar-refractivity contribution in [1.82, 2.24) is 5.32 Å². The summed E-state index contributed by atoms with van der Waals surface area (Å²) in [6, 6.07) is 11.4. The molecule has 2 aromatic rings. The summed E-state index contributed by atoms with van der Waals surface area (Å²) in [4.78, 5) is 0. The number of methoxy groups -OCH3 is 2. The van der Waals surface area contributed by atoms with E-state index < -0.39 is 9.84 Å². The number of sulfone groups is 1. The van der Waals surface area contributed by atoms with Crippen molar-refractivity contribution in [2.45, 2.75) is 25.4 Å². The van der Waals surface area contributed by atoms with Gasteiger partial charge in [-0.15, -0.1) is 0 Å². The maximum Gasteiger partial charge on any atom is 0.161 e. The lowest BCUT2D eigenvalue weighted by Gasteiger charge is -2.25. The molecule has 3 rings (SSSR count). The molecule has 0 aromatic heterocycles. The van der Waals surface area contributed by atoms with Gasteiger partial charge in [-0.2, -0.15) is 0 Å². The molecule has 0 saturated heterocycles. The Bertz CT molecular complexity index is 942. The lowest BCUT2D eigenvalue weighted by molar-refractivity contribution is 0.310. The molecule has 0 bridgehead atoms. The van der Waals surface area contributed by atoms with Crippen LogP contribution in [0.2, 0.25) is 0 Å². The van der Waals surface area contributed by atoms with Crippen molar-refractivity contribution in [3.63, 3.8) is 0 Å². The first-order chi connectivity index (χ1) is 13.4. The van der Waals surface area contributed by atoms with E-state index in [9.17, 15) is 8.42 Å². The van der Waals surface area contributed by atoms with Crippen LogP contribution < -0.4 is 19.5 Å². The van der Waals surface area contributed by atoms with Gasteiger partial charge in [0.15, 0.2) is 11.5 Å². The van der Waals surface area contributed by atoms with E-state index in [4.69, 9.17) is 14.2 Å². The molecule has 1 heterocycles. The van der Waals surface area contributed by atoms with Crippen LogP contribution in [0.4, 0.5) is 0 Å². The van der Waals surface area contributed by atoms with E-state index in [0.717, 1.165) is 22.4 Å². The van der Waals surface area contributed by atoms with Gasteiger partial charge in [0.1, 0.15) is 15.6 Å². The van der Waals surface area contributed by atoms with Crippen molar-refractivity contribution in [1.29, 1.82) is 0 Å². The minimum Gasteiger partial charge on any atom is -0.496 e. The van der Waals surface area contributed by atoms with E-state index in [1.807, 2.05) is 43.3 Å². The monoisotopic (exact) mass is 405 g/mol. The zero-order valence-electron chi connectivity index (χ0n) is 16.7. The van der Waals surface area contributed by atoms with Crippen molar-refractivity contribution in [2.24, 2.45) is 0 Å². The number of benzene rings is 2. The van der Waals surface area contributed by atoms with Gasteiger partial charge in [0.2, 0.25) is 0 Å². The molecule has 0 spiro atoms. The second-order valence-electron chi connectivity index (χ2n) is 6.93. The molecule has 1 N–H and O–H groups in total. The number of nitrogens with one attached hydrogen (secondary N) is 1. The van der Waals surface area contributed by atoms with Crippen LogP contribution in [-0.4, -0.2) is 41.3 Å². The van der Waals surface area contributed by atoms with Gasteiger partial charge in [-0.25, -0.2) is 8.42 Å². The predicted octanol–water partition coefficient (Wildman–Crippen LogP) is 3.08. The Morgan fingerprint density at radius 1 is 1.11 bits per heavy atom. The van der Waals surface area contributed by atoms with Gasteiger partial charge >= 0.3 is 0 Å². The number of hydrogen-bond acceptors (Lipinski definition) is 6. The highest BCUT2D eigenvalue weighted by molar-refractivity contribution is 7.90. The van der Waals surface area contributed by atoms with E-state index in [0.29, 0.717) is 24.7 Å². The highest BCUT2D eigenvalue weighted by Gasteiger charge is 2.34. The average molecular weight is 406 g/mol. The fourth-order valence-electron chi connectivity index (χ4n) is 3.84. The van der Waals surface area contributed by atoms with Crippen LogP contribution in [-0.2, 0) is 16.4 Å². The van der Waals surface area contributed by atoms with E-state index >= 15 is 0 Å². The quantitative estimate of drug-likeness (QED) is 0.728. The molecule has 152 valence electrons. The summed E-state index contributed by atoms with van der Waals surface area (Å²) in [5.41, 5.74) is 3.04. The molecule has 6 nitrogen and oxygen atoms in total. The molecule has 2 atom stereocenters. The van der Waals surface area contributed by atoms with Crippen molar-refractivity contribution in [3.05, 3.63) is 53.1 Å². The minimum atomic E-state index is -3.21. The summed E-state index contributed by atoms with van der Waals surface area (Å²) in [7, 11) is 0.0262. The second kappa shape index (κ2) is 8.41. The largest absolute Gasteiger partial charge is 0.496 e. The van der Waals surface area contributed by atoms with Crippen LogP contribution in [0.5, 0.6) is 17.2 Å². The first-order valence-corrected chi connectivity index (χ1v) is 11.3. The Hall–Kier alpha value is -2.25. The molecular formula is C21H27NO5S. The molecule has 2 unspecified atom stereocenters. The second-order valence-corrected chi connectivity index (χ2v) is 9.11. The minimum absolute atomic E-state index is 0.0270. The average Bonchev–Trinajstić information content (AvgIpc) is 3.09. The van der Waals surface area contributed by atoms with Gasteiger partial charge in [-0.1, -0.05) is 18.2 Å². The molecule has 0 fully saturated rings. The van der Waals surface area contributed by atoms with Gasteiger partial charge in [-0.3, -0.25) is 0 Å². The summed E-state index contributed by atoms with van der Waals surface area (Å²) < 4.78 is 41.0. The molecule has 1 aliphatic heterocycles. The van der Waals surface area contributed by atoms with Crippen molar-refractivity contribution in [2.75, 3.05) is 32.8 Å². The third-order valence-electron chi connectivity index (χ3n) is 5.02. The molecule has 0 aliphatic carbocycles. The zero-order valence-corrected chi connectivity index (χ0v) is 17.5. The lowest BCUT2D eigenvalue weighted by Crippen LogP contribution is -2.26. The van der Waals surface area contributed by atoms with Gasteiger partial charge in [0.05, 0.1) is 26.6 Å².